The molecule has 0 aliphatic heterocycles. The van der Waals surface area contributed by atoms with Crippen molar-refractivity contribution < 1.29 is 163 Å². The van der Waals surface area contributed by atoms with Crippen LogP contribution in [0.1, 0.15) is 43.2 Å². The summed E-state index contributed by atoms with van der Waals surface area (Å²) < 4.78 is 0. The average molecular weight is 653 g/mol. The summed E-state index contributed by atoms with van der Waals surface area (Å²) in [6, 6.07) is 13.9. The maximum Gasteiger partial charge on any atom is 1.00 e. The van der Waals surface area contributed by atoms with E-state index in [0.717, 1.165) is 11.1 Å². The number of aliphatic carboxylic acids is 4. The molecule has 0 atom stereocenters. The Labute approximate surface area is 350 Å². The number of allylic oxidation sites excluding steroid dienone is 2. The van der Waals surface area contributed by atoms with Crippen LogP contribution < -0.4 is 148 Å². The Morgan fingerprint density at radius 2 is 0.800 bits per heavy atom. The van der Waals surface area contributed by atoms with Gasteiger partial charge in [-0.05, 0) is 47.5 Å². The van der Waals surface area contributed by atoms with Gasteiger partial charge in [0.15, 0.2) is 5.78 Å². The number of carbonyl (C=O) groups excluding carboxylic acids is 5. The summed E-state index contributed by atoms with van der Waals surface area (Å²) >= 11 is 0. The molecule has 2 aromatic rings. The third kappa shape index (κ3) is 16.1. The summed E-state index contributed by atoms with van der Waals surface area (Å²) in [4.78, 5) is 59.3. The van der Waals surface area contributed by atoms with Crippen molar-refractivity contribution in [2.45, 2.75) is 32.1 Å². The first-order valence-corrected chi connectivity index (χ1v) is 13.0. The number of anilines is 2. The van der Waals surface area contributed by atoms with Crippen LogP contribution in [0.4, 0.5) is 11.4 Å². The van der Waals surface area contributed by atoms with E-state index in [-0.39, 0.29) is 176 Å². The maximum absolute atomic E-state index is 12.7. The van der Waals surface area contributed by atoms with E-state index in [9.17, 15) is 44.4 Å². The molecule has 2 aromatic carbocycles. The van der Waals surface area contributed by atoms with Crippen LogP contribution in [-0.2, 0) is 24.0 Å². The Bertz CT molecular complexity index is 1230. The van der Waals surface area contributed by atoms with Crippen molar-refractivity contribution in [1.82, 2.24) is 0 Å². The zero-order valence-corrected chi connectivity index (χ0v) is 34.2. The van der Waals surface area contributed by atoms with Crippen molar-refractivity contribution in [2.24, 2.45) is 0 Å². The summed E-state index contributed by atoms with van der Waals surface area (Å²) in [5.41, 5.74) is 4.01. The number of rotatable bonds is 16. The fraction of sp³-hybridized carbons (Fsp3) is 0.300. The smallest absolute Gasteiger partial charge is 0.550 e. The van der Waals surface area contributed by atoms with Gasteiger partial charge in [0.2, 0.25) is 0 Å². The van der Waals surface area contributed by atoms with E-state index in [4.69, 9.17) is 0 Å². The normalized spacial score (nSPS) is 13.2. The quantitative estimate of drug-likeness (QED) is 0.124. The topological polar surface area (TPSA) is 184 Å². The van der Waals surface area contributed by atoms with E-state index in [1.54, 1.807) is 70.5 Å². The number of carboxylic acids is 4. The van der Waals surface area contributed by atoms with Crippen LogP contribution in [0.25, 0.3) is 12.2 Å². The van der Waals surface area contributed by atoms with Crippen LogP contribution in [0, 0.1) is 0 Å². The third-order valence-corrected chi connectivity index (χ3v) is 6.51. The predicted molar refractivity (Wildman–Crippen MR) is 141 cm³/mol. The van der Waals surface area contributed by atoms with Gasteiger partial charge in [-0.15, -0.1) is 0 Å². The number of hydrogen-bond donors (Lipinski definition) is 0. The molecule has 0 radical (unpaired) electrons. The fourth-order valence-electron chi connectivity index (χ4n) is 4.31. The van der Waals surface area contributed by atoms with Crippen molar-refractivity contribution in [3.05, 3.63) is 70.8 Å². The van der Waals surface area contributed by atoms with Crippen LogP contribution in [0.15, 0.2) is 59.7 Å². The molecule has 11 nitrogen and oxygen atoms in total. The Balaban J connectivity index is 0. The molecule has 216 valence electrons. The summed E-state index contributed by atoms with van der Waals surface area (Å²) in [6.45, 7) is 0.339. The Morgan fingerprint density at radius 1 is 0.533 bits per heavy atom. The summed E-state index contributed by atoms with van der Waals surface area (Å²) in [5, 5.41) is 43.4. The van der Waals surface area contributed by atoms with Crippen LogP contribution in [0.5, 0.6) is 0 Å². The maximum atomic E-state index is 12.7. The second-order valence-corrected chi connectivity index (χ2v) is 9.49. The first kappa shape index (κ1) is 46.2. The number of carbonyl (C=O) groups is 5. The van der Waals surface area contributed by atoms with Crippen LogP contribution in [-0.4, -0.2) is 55.8 Å². The third-order valence-electron chi connectivity index (χ3n) is 6.51. The molecule has 45 heavy (non-hydrogen) atoms. The Hall–Kier alpha value is -0.930. The summed E-state index contributed by atoms with van der Waals surface area (Å²) in [6.07, 6.45) is 2.94. The van der Waals surface area contributed by atoms with Crippen molar-refractivity contribution >= 4 is 53.2 Å². The van der Waals surface area contributed by atoms with E-state index in [2.05, 4.69) is 0 Å². The monoisotopic (exact) mass is 652 g/mol. The molecule has 0 heterocycles. The summed E-state index contributed by atoms with van der Waals surface area (Å²) in [7, 11) is 0. The van der Waals surface area contributed by atoms with Crippen LogP contribution >= 0.6 is 0 Å². The van der Waals surface area contributed by atoms with Gasteiger partial charge in [-0.25, -0.2) is 0 Å². The minimum absolute atomic E-state index is 0. The summed E-state index contributed by atoms with van der Waals surface area (Å²) in [5.74, 6) is -5.06. The van der Waals surface area contributed by atoms with Crippen LogP contribution in [0.2, 0.25) is 0 Å². The molecule has 0 aromatic heterocycles. The fourth-order valence-corrected chi connectivity index (χ4v) is 4.31. The van der Waals surface area contributed by atoms with E-state index in [0.29, 0.717) is 28.9 Å². The standard InChI is InChI=1S/C30H32N2O9.4Na/c33-26(34)9-13-31(14-10-27(35)36)24-5-1-20(2-6-24)17-22-19-23(30(22)41)18-21-3-7-25(8-4-21)32(15-11-28(37)38)16-12-29(39)40;;;;/h1-8,17-18H,9-16,19H2,(H,33,34)(H,35,36)(H,37,38)(H,39,40);;;;/q;4*+1/p-4/b22-17-,23-18+;;;;. The van der Waals surface area contributed by atoms with Gasteiger partial charge in [0.05, 0.1) is 0 Å². The van der Waals surface area contributed by atoms with Crippen molar-refractivity contribution in [2.75, 3.05) is 36.0 Å². The number of hydrogen-bond acceptors (Lipinski definition) is 11. The largest absolute Gasteiger partial charge is 1.00 e. The van der Waals surface area contributed by atoms with Gasteiger partial charge in [0.1, 0.15) is 0 Å². The van der Waals surface area contributed by atoms with E-state index in [1.807, 2.05) is 0 Å². The van der Waals surface area contributed by atoms with E-state index in [1.165, 1.54) is 0 Å². The second-order valence-electron chi connectivity index (χ2n) is 9.49. The molecular formula is C30H28N2Na4O9. The van der Waals surface area contributed by atoms with E-state index >= 15 is 0 Å². The molecule has 1 fully saturated rings. The molecule has 15 heteroatoms. The van der Waals surface area contributed by atoms with Gasteiger partial charge in [-0.2, -0.15) is 0 Å². The van der Waals surface area contributed by atoms with E-state index < -0.39 is 23.9 Å². The van der Waals surface area contributed by atoms with Gasteiger partial charge in [0.25, 0.3) is 0 Å². The van der Waals surface area contributed by atoms with Gasteiger partial charge >= 0.3 is 118 Å². The molecule has 0 bridgehead atoms. The number of benzene rings is 2. The molecular weight excluding hydrogens is 624 g/mol. The molecule has 0 saturated heterocycles. The van der Waals surface area contributed by atoms with Crippen LogP contribution in [0.3, 0.4) is 0 Å². The molecule has 0 spiro atoms. The minimum atomic E-state index is -1.24. The Kier molecular flexibility index (Phi) is 24.0. The molecule has 1 aliphatic rings. The van der Waals surface area contributed by atoms with Gasteiger partial charge in [-0.3, -0.25) is 4.79 Å². The SMILES string of the molecule is O=C([O-])CCN(CCC(=O)[O-])c1ccc(/C=C2/C/C(=C\c3ccc(N(CCC(=O)[O-])CCC(=O)[O-])cc3)C2=O)cc1.[Na+].[Na+].[Na+].[Na+]. The molecule has 0 amide bonds. The number of nitrogens with zero attached hydrogens (tertiary/aromatic N) is 2. The number of carboxylic acid groups (broad SMARTS) is 4. The molecule has 3 rings (SSSR count). The van der Waals surface area contributed by atoms with Crippen molar-refractivity contribution in [3.63, 3.8) is 0 Å². The van der Waals surface area contributed by atoms with Crippen molar-refractivity contribution in [1.29, 1.82) is 0 Å². The first-order chi connectivity index (χ1) is 19.5. The predicted octanol–water partition coefficient (Wildman–Crippen LogP) is -13.7. The molecule has 0 N–H and O–H groups in total. The zero-order valence-electron chi connectivity index (χ0n) is 26.2. The number of ketones is 1. The average Bonchev–Trinajstić information content (AvgIpc) is 2.92. The van der Waals surface area contributed by atoms with Crippen molar-refractivity contribution in [3.8, 4) is 0 Å². The van der Waals surface area contributed by atoms with Gasteiger partial charge in [0, 0.05) is 105 Å². The van der Waals surface area contributed by atoms with Gasteiger partial charge < -0.3 is 49.4 Å². The van der Waals surface area contributed by atoms with Gasteiger partial charge in [-0.1, -0.05) is 24.3 Å². The molecule has 1 aliphatic carbocycles. The second kappa shape index (κ2) is 23.4. The number of Topliss-reactive ketones (excluding diaryl/α,β-unsaturated/α-hetero) is 1. The minimum Gasteiger partial charge on any atom is -0.550 e. The molecule has 1 saturated carbocycles. The zero-order chi connectivity index (χ0) is 29.9. The first-order valence-electron chi connectivity index (χ1n) is 13.0. The molecule has 0 unspecified atom stereocenters. The Morgan fingerprint density at radius 3 is 1.02 bits per heavy atom.